The molecular formula is C27H41N2O2Y+. The molecule has 4 nitrogen and oxygen atoms in total. The average Bonchev–Trinajstić information content (AvgIpc) is 3.25. The largest absolute Gasteiger partial charge is 0.497 e. The van der Waals surface area contributed by atoms with Crippen molar-refractivity contribution in [3.63, 3.8) is 0 Å². The van der Waals surface area contributed by atoms with Crippen molar-refractivity contribution < 1.29 is 46.7 Å². The van der Waals surface area contributed by atoms with E-state index in [2.05, 4.69) is 38.2 Å². The van der Waals surface area contributed by atoms with Crippen LogP contribution in [0, 0.1) is 20.8 Å². The van der Waals surface area contributed by atoms with Crippen LogP contribution in [0.2, 0.25) is 0 Å². The van der Waals surface area contributed by atoms with Gasteiger partial charge in [-0.2, -0.15) is 0 Å². The first-order valence-electron chi connectivity index (χ1n) is 11.7. The molecule has 1 heterocycles. The number of anilines is 1. The standard InChI is InChI=1S/C20H32N2O2.C7H8.Y/c1-6-10-18(22(7-2)11-8-9-12-22)20(23)21-19-15(3)13-17(24-5)14-16(19)4;1-7-5-3-2-4-6-7;/h13-14,18H,6-12H2,1-5H3;2-6H,1H3;/p+1. The third-order valence-corrected chi connectivity index (χ3v) is 6.54. The first-order valence-corrected chi connectivity index (χ1v) is 11.7. The molecule has 0 spiro atoms. The molecule has 2 aromatic carbocycles. The maximum absolute atomic E-state index is 13.2. The van der Waals surface area contributed by atoms with Crippen molar-refractivity contribution in [2.75, 3.05) is 32.1 Å². The van der Waals surface area contributed by atoms with Crippen molar-refractivity contribution in [1.29, 1.82) is 0 Å². The van der Waals surface area contributed by atoms with Crippen LogP contribution in [0.3, 0.4) is 0 Å². The number of methoxy groups -OCH3 is 1. The van der Waals surface area contributed by atoms with E-state index in [0.717, 1.165) is 59.5 Å². The Morgan fingerprint density at radius 2 is 1.59 bits per heavy atom. The van der Waals surface area contributed by atoms with Gasteiger partial charge in [0.2, 0.25) is 0 Å². The third kappa shape index (κ3) is 7.68. The second kappa shape index (κ2) is 14.1. The zero-order chi connectivity index (χ0) is 22.9. The Hall–Kier alpha value is -1.23. The summed E-state index contributed by atoms with van der Waals surface area (Å²) in [5.74, 6) is 1.02. The molecule has 1 radical (unpaired) electrons. The fraction of sp³-hybridized carbons (Fsp3) is 0.519. The molecule has 1 saturated heterocycles. The molecular weight excluding hydrogens is 473 g/mol. The molecule has 32 heavy (non-hydrogen) atoms. The van der Waals surface area contributed by atoms with Crippen LogP contribution in [0.5, 0.6) is 5.75 Å². The van der Waals surface area contributed by atoms with Crippen molar-refractivity contribution in [2.45, 2.75) is 66.3 Å². The van der Waals surface area contributed by atoms with Crippen LogP contribution in [0.1, 0.15) is 56.2 Å². The second-order valence-electron chi connectivity index (χ2n) is 8.77. The van der Waals surface area contributed by atoms with E-state index < -0.39 is 0 Å². The number of nitrogens with zero attached hydrogens (tertiary/aromatic N) is 1. The van der Waals surface area contributed by atoms with Gasteiger partial charge in [0.05, 0.1) is 26.7 Å². The summed E-state index contributed by atoms with van der Waals surface area (Å²) in [6, 6.07) is 14.3. The summed E-state index contributed by atoms with van der Waals surface area (Å²) in [7, 11) is 1.67. The fourth-order valence-electron chi connectivity index (χ4n) is 4.72. The van der Waals surface area contributed by atoms with Crippen molar-refractivity contribution in [3.8, 4) is 5.75 Å². The topological polar surface area (TPSA) is 38.3 Å². The summed E-state index contributed by atoms with van der Waals surface area (Å²) in [5, 5.41) is 3.24. The summed E-state index contributed by atoms with van der Waals surface area (Å²) in [4.78, 5) is 13.2. The number of likely N-dealkylation sites (tertiary alicyclic amines) is 1. The summed E-state index contributed by atoms with van der Waals surface area (Å²) in [6.45, 7) is 13.8. The number of aryl methyl sites for hydroxylation is 3. The number of quaternary nitrogens is 1. The summed E-state index contributed by atoms with van der Waals surface area (Å²) < 4.78 is 6.27. The second-order valence-corrected chi connectivity index (χ2v) is 8.77. The minimum absolute atomic E-state index is 0. The SMILES string of the molecule is CCCC(C(=O)Nc1c(C)cc(OC)cc1C)[N+]1(CC)CCCC1.Cc1ccccc1.[Y]. The molecule has 2 aromatic rings. The minimum Gasteiger partial charge on any atom is -0.497 e. The van der Waals surface area contributed by atoms with E-state index in [1.54, 1.807) is 7.11 Å². The minimum atomic E-state index is 0. The van der Waals surface area contributed by atoms with Crippen LogP contribution in [0.4, 0.5) is 5.69 Å². The number of benzene rings is 2. The molecule has 173 valence electrons. The summed E-state index contributed by atoms with van der Waals surface area (Å²) in [5.41, 5.74) is 4.37. The number of rotatable bonds is 7. The molecule has 0 aliphatic carbocycles. The van der Waals surface area contributed by atoms with Crippen molar-refractivity contribution in [1.82, 2.24) is 0 Å². The molecule has 5 heteroatoms. The predicted octanol–water partition coefficient (Wildman–Crippen LogP) is 6.04. The van der Waals surface area contributed by atoms with E-state index in [4.69, 9.17) is 4.74 Å². The van der Waals surface area contributed by atoms with Gasteiger partial charge < -0.3 is 14.5 Å². The number of amides is 1. The van der Waals surface area contributed by atoms with E-state index in [9.17, 15) is 4.79 Å². The zero-order valence-corrected chi connectivity index (χ0v) is 23.7. The number of hydrogen-bond donors (Lipinski definition) is 1. The smallest absolute Gasteiger partial charge is 0.282 e. The zero-order valence-electron chi connectivity index (χ0n) is 20.9. The van der Waals surface area contributed by atoms with Gasteiger partial charge in [0.15, 0.2) is 6.04 Å². The van der Waals surface area contributed by atoms with E-state index in [1.807, 2.05) is 44.2 Å². The molecule has 0 aromatic heterocycles. The normalized spacial score (nSPS) is 15.1. The number of nitrogens with one attached hydrogen (secondary N) is 1. The van der Waals surface area contributed by atoms with Gasteiger partial charge >= 0.3 is 0 Å². The van der Waals surface area contributed by atoms with E-state index >= 15 is 0 Å². The van der Waals surface area contributed by atoms with Gasteiger partial charge in [0, 0.05) is 57.7 Å². The van der Waals surface area contributed by atoms with Crippen LogP contribution >= 0.6 is 0 Å². The Balaban J connectivity index is 0.000000545. The number of carbonyl (C=O) groups excluding carboxylic acids is 1. The third-order valence-electron chi connectivity index (χ3n) is 6.54. The first-order chi connectivity index (χ1) is 14.9. The molecule has 0 saturated carbocycles. The summed E-state index contributed by atoms with van der Waals surface area (Å²) >= 11 is 0. The van der Waals surface area contributed by atoms with E-state index in [-0.39, 0.29) is 44.7 Å². The molecule has 0 bridgehead atoms. The molecule has 1 aliphatic heterocycles. The van der Waals surface area contributed by atoms with Gasteiger partial charge in [0.1, 0.15) is 5.75 Å². The Kier molecular flexibility index (Phi) is 12.7. The van der Waals surface area contributed by atoms with Crippen molar-refractivity contribution >= 4 is 11.6 Å². The molecule has 1 unspecified atom stereocenters. The van der Waals surface area contributed by atoms with Gasteiger partial charge in [0.25, 0.3) is 5.91 Å². The molecule has 1 atom stereocenters. The molecule has 1 amide bonds. The van der Waals surface area contributed by atoms with Crippen molar-refractivity contribution in [3.05, 3.63) is 59.2 Å². The maximum atomic E-state index is 13.2. The monoisotopic (exact) mass is 514 g/mol. The van der Waals surface area contributed by atoms with E-state index in [0.29, 0.717) is 0 Å². The van der Waals surface area contributed by atoms with Crippen LogP contribution < -0.4 is 10.1 Å². The Labute approximate surface area is 220 Å². The Bertz CT molecular complexity index is 810. The average molecular weight is 515 g/mol. The van der Waals surface area contributed by atoms with Crippen LogP contribution in [-0.2, 0) is 37.5 Å². The molecule has 1 N–H and O–H groups in total. The molecule has 1 aliphatic rings. The van der Waals surface area contributed by atoms with Crippen molar-refractivity contribution in [2.24, 2.45) is 0 Å². The van der Waals surface area contributed by atoms with Gasteiger partial charge in [-0.1, -0.05) is 42.8 Å². The number of hydrogen-bond acceptors (Lipinski definition) is 2. The predicted molar refractivity (Wildman–Crippen MR) is 131 cm³/mol. The van der Waals surface area contributed by atoms with Crippen LogP contribution in [-0.4, -0.2) is 43.2 Å². The maximum Gasteiger partial charge on any atom is 0.282 e. The van der Waals surface area contributed by atoms with Crippen LogP contribution in [0.15, 0.2) is 42.5 Å². The van der Waals surface area contributed by atoms with Gasteiger partial charge in [-0.05, 0) is 57.4 Å². The Morgan fingerprint density at radius 1 is 1.03 bits per heavy atom. The summed E-state index contributed by atoms with van der Waals surface area (Å²) in [6.07, 6.45) is 4.47. The first kappa shape index (κ1) is 28.8. The Morgan fingerprint density at radius 3 is 2.00 bits per heavy atom. The molecule has 3 rings (SSSR count). The number of carbonyl (C=O) groups is 1. The van der Waals surface area contributed by atoms with E-state index in [1.165, 1.54) is 18.4 Å². The number of ether oxygens (including phenoxy) is 1. The fourth-order valence-corrected chi connectivity index (χ4v) is 4.72. The van der Waals surface area contributed by atoms with Crippen LogP contribution in [0.25, 0.3) is 0 Å². The van der Waals surface area contributed by atoms with Gasteiger partial charge in [-0.25, -0.2) is 0 Å². The van der Waals surface area contributed by atoms with Gasteiger partial charge in [-0.3, -0.25) is 4.79 Å². The molecule has 1 fully saturated rings. The number of likely N-dealkylation sites (N-methyl/N-ethyl adjacent to an activating group) is 1. The quantitative estimate of drug-likeness (QED) is 0.458. The van der Waals surface area contributed by atoms with Gasteiger partial charge in [-0.15, -0.1) is 0 Å².